The molecule has 0 unspecified atom stereocenters. The molecule has 1 amide bonds. The normalized spacial score (nSPS) is 11.9. The van der Waals surface area contributed by atoms with Crippen molar-refractivity contribution < 1.29 is 9.59 Å². The minimum atomic E-state index is -0.00472. The van der Waals surface area contributed by atoms with E-state index in [1.165, 1.54) is 0 Å². The van der Waals surface area contributed by atoms with Crippen LogP contribution < -0.4 is 0 Å². The summed E-state index contributed by atoms with van der Waals surface area (Å²) in [7, 11) is 0. The fraction of sp³-hybridized carbons (Fsp3) is 0.192. The van der Waals surface area contributed by atoms with Crippen LogP contribution in [0.1, 0.15) is 56.8 Å². The Kier molecular flexibility index (Phi) is 6.77. The lowest BCUT2D eigenvalue weighted by atomic mass is 9.99. The van der Waals surface area contributed by atoms with Gasteiger partial charge in [-0.2, -0.15) is 5.26 Å². The number of fused-ring (bicyclic) bond motifs is 1. The molecule has 4 nitrogen and oxygen atoms in total. The lowest BCUT2D eigenvalue weighted by molar-refractivity contribution is 0.0766. The number of rotatable bonds is 5. The molecule has 0 atom stereocenters. The molecule has 0 spiro atoms. The van der Waals surface area contributed by atoms with Crippen LogP contribution in [0.4, 0.5) is 0 Å². The van der Waals surface area contributed by atoms with Gasteiger partial charge in [-0.05, 0) is 34.9 Å². The van der Waals surface area contributed by atoms with Crippen molar-refractivity contribution in [3.63, 3.8) is 0 Å². The summed E-state index contributed by atoms with van der Waals surface area (Å²) in [6, 6.07) is 24.3. The fourth-order valence-corrected chi connectivity index (χ4v) is 3.49. The molecule has 1 aliphatic rings. The van der Waals surface area contributed by atoms with E-state index in [1.807, 2.05) is 73.3 Å². The van der Waals surface area contributed by atoms with Gasteiger partial charge in [-0.15, -0.1) is 0 Å². The Bertz CT molecular complexity index is 1080. The van der Waals surface area contributed by atoms with Crippen LogP contribution in [0, 0.1) is 11.3 Å². The van der Waals surface area contributed by atoms with Gasteiger partial charge in [0.25, 0.3) is 5.91 Å². The number of carbonyl (C=O) groups excluding carboxylic acids is 2. The van der Waals surface area contributed by atoms with Crippen LogP contribution in [-0.2, 0) is 19.5 Å². The summed E-state index contributed by atoms with van der Waals surface area (Å²) in [6.45, 7) is 5.13. The molecule has 0 N–H and O–H groups in total. The van der Waals surface area contributed by atoms with Crippen LogP contribution in [0.2, 0.25) is 0 Å². The zero-order chi connectivity index (χ0) is 21.5. The van der Waals surface area contributed by atoms with Gasteiger partial charge in [0.15, 0.2) is 5.78 Å². The molecule has 4 heteroatoms. The van der Waals surface area contributed by atoms with Crippen LogP contribution in [0.25, 0.3) is 0 Å². The highest BCUT2D eigenvalue weighted by Crippen LogP contribution is 2.26. The van der Waals surface area contributed by atoms with Crippen LogP contribution in [0.3, 0.4) is 0 Å². The zero-order valence-corrected chi connectivity index (χ0v) is 17.3. The van der Waals surface area contributed by atoms with Crippen molar-refractivity contribution >= 4 is 11.7 Å². The van der Waals surface area contributed by atoms with Gasteiger partial charge in [-0.25, -0.2) is 0 Å². The molecule has 1 aliphatic heterocycles. The van der Waals surface area contributed by atoms with Crippen LogP contribution in [-0.4, -0.2) is 16.6 Å². The minimum absolute atomic E-state index is 0.00472. The van der Waals surface area contributed by atoms with Crippen LogP contribution >= 0.6 is 0 Å². The maximum atomic E-state index is 12.6. The summed E-state index contributed by atoms with van der Waals surface area (Å²) in [4.78, 5) is 27.0. The highest BCUT2D eigenvalue weighted by atomic mass is 16.2. The minimum Gasteiger partial charge on any atom is -0.330 e. The topological polar surface area (TPSA) is 61.2 Å². The molecule has 0 radical (unpaired) electrons. The molecule has 0 saturated carbocycles. The standard InChI is InChI=1S/C24H18N2O2.C2H6/c25-14-17-6-9-20(10-7-17)23(27)13-19-8-11-22-21(12-19)16-26(24(22)28)15-18-4-2-1-3-5-18;1-2/h1-12H,13,15-16H2;1-2H3. The van der Waals surface area contributed by atoms with Crippen molar-refractivity contribution in [1.29, 1.82) is 5.26 Å². The number of ketones is 1. The number of nitriles is 1. The quantitative estimate of drug-likeness (QED) is 0.559. The second-order valence-electron chi connectivity index (χ2n) is 6.93. The van der Waals surface area contributed by atoms with Gasteiger partial charge in [-0.1, -0.05) is 68.4 Å². The Hall–Kier alpha value is -3.71. The Balaban J connectivity index is 0.00000124. The summed E-state index contributed by atoms with van der Waals surface area (Å²) in [5.41, 5.74) is 4.78. The highest BCUT2D eigenvalue weighted by Gasteiger charge is 2.27. The van der Waals surface area contributed by atoms with Gasteiger partial charge < -0.3 is 4.90 Å². The van der Waals surface area contributed by atoms with Crippen molar-refractivity contribution in [3.05, 3.63) is 106 Å². The van der Waals surface area contributed by atoms with Gasteiger partial charge in [0.05, 0.1) is 11.6 Å². The molecule has 30 heavy (non-hydrogen) atoms. The number of carbonyl (C=O) groups is 2. The maximum Gasteiger partial charge on any atom is 0.254 e. The Morgan fingerprint density at radius 1 is 0.967 bits per heavy atom. The Morgan fingerprint density at radius 2 is 1.67 bits per heavy atom. The van der Waals surface area contributed by atoms with Gasteiger partial charge in [0, 0.05) is 30.6 Å². The number of amides is 1. The van der Waals surface area contributed by atoms with E-state index in [1.54, 1.807) is 24.3 Å². The van der Waals surface area contributed by atoms with E-state index in [0.29, 0.717) is 29.8 Å². The number of Topliss-reactive ketones (excluding diaryl/α,β-unsaturated/α-hetero) is 1. The first-order chi connectivity index (χ1) is 14.6. The average molecular weight is 396 g/mol. The second kappa shape index (κ2) is 9.67. The summed E-state index contributed by atoms with van der Waals surface area (Å²) in [5, 5.41) is 8.86. The third-order valence-corrected chi connectivity index (χ3v) is 4.97. The maximum absolute atomic E-state index is 12.6. The number of hydrogen-bond donors (Lipinski definition) is 0. The van der Waals surface area contributed by atoms with E-state index in [2.05, 4.69) is 0 Å². The zero-order valence-electron chi connectivity index (χ0n) is 17.3. The molecule has 0 fully saturated rings. The second-order valence-corrected chi connectivity index (χ2v) is 6.93. The lowest BCUT2D eigenvalue weighted by Crippen LogP contribution is -2.23. The van der Waals surface area contributed by atoms with Gasteiger partial charge in [0.1, 0.15) is 0 Å². The molecule has 1 heterocycles. The van der Waals surface area contributed by atoms with E-state index < -0.39 is 0 Å². The van der Waals surface area contributed by atoms with Gasteiger partial charge in [0.2, 0.25) is 0 Å². The SMILES string of the molecule is CC.N#Cc1ccc(C(=O)Cc2ccc3c(c2)CN(Cc2ccccc2)C3=O)cc1. The molecule has 4 rings (SSSR count). The monoisotopic (exact) mass is 396 g/mol. The van der Waals surface area contributed by atoms with Crippen molar-refractivity contribution in [2.24, 2.45) is 0 Å². The first-order valence-electron chi connectivity index (χ1n) is 10.1. The van der Waals surface area contributed by atoms with Gasteiger partial charge >= 0.3 is 0 Å². The molecule has 3 aromatic carbocycles. The lowest BCUT2D eigenvalue weighted by Gasteiger charge is -2.15. The van der Waals surface area contributed by atoms with E-state index >= 15 is 0 Å². The van der Waals surface area contributed by atoms with Crippen LogP contribution in [0.5, 0.6) is 0 Å². The van der Waals surface area contributed by atoms with E-state index in [9.17, 15) is 9.59 Å². The van der Waals surface area contributed by atoms with E-state index in [0.717, 1.165) is 16.7 Å². The molecule has 150 valence electrons. The Labute approximate surface area is 177 Å². The van der Waals surface area contributed by atoms with Crippen molar-refractivity contribution in [3.8, 4) is 6.07 Å². The van der Waals surface area contributed by atoms with Crippen molar-refractivity contribution in [2.75, 3.05) is 0 Å². The predicted octanol–water partition coefficient (Wildman–Crippen LogP) is 5.17. The first-order valence-corrected chi connectivity index (χ1v) is 10.1. The molecule has 3 aromatic rings. The third kappa shape index (κ3) is 4.64. The summed E-state index contributed by atoms with van der Waals surface area (Å²) in [5.74, 6) is 0.0266. The number of hydrogen-bond acceptors (Lipinski definition) is 3. The largest absolute Gasteiger partial charge is 0.330 e. The number of benzene rings is 3. The molecule has 0 aromatic heterocycles. The van der Waals surface area contributed by atoms with Crippen molar-refractivity contribution in [1.82, 2.24) is 4.90 Å². The molecular formula is C26H24N2O2. The third-order valence-electron chi connectivity index (χ3n) is 4.97. The predicted molar refractivity (Wildman–Crippen MR) is 117 cm³/mol. The summed E-state index contributed by atoms with van der Waals surface area (Å²) in [6.07, 6.45) is 0.270. The molecule has 0 aliphatic carbocycles. The van der Waals surface area contributed by atoms with E-state index in [-0.39, 0.29) is 18.1 Å². The molecule has 0 bridgehead atoms. The van der Waals surface area contributed by atoms with Crippen LogP contribution in [0.15, 0.2) is 72.8 Å². The molecular weight excluding hydrogens is 372 g/mol. The summed E-state index contributed by atoms with van der Waals surface area (Å²) >= 11 is 0. The highest BCUT2D eigenvalue weighted by molar-refractivity contribution is 5.99. The first kappa shape index (κ1) is 21.0. The summed E-state index contributed by atoms with van der Waals surface area (Å²) < 4.78 is 0. The number of nitrogens with zero attached hydrogens (tertiary/aromatic N) is 2. The van der Waals surface area contributed by atoms with Crippen molar-refractivity contribution in [2.45, 2.75) is 33.4 Å². The average Bonchev–Trinajstić information content (AvgIpc) is 3.10. The fourth-order valence-electron chi connectivity index (χ4n) is 3.49. The smallest absolute Gasteiger partial charge is 0.254 e. The molecule has 0 saturated heterocycles. The van der Waals surface area contributed by atoms with E-state index in [4.69, 9.17) is 5.26 Å². The van der Waals surface area contributed by atoms with Gasteiger partial charge in [-0.3, -0.25) is 9.59 Å². The Morgan fingerprint density at radius 3 is 2.33 bits per heavy atom.